The molecule has 0 radical (unpaired) electrons. The molecule has 1 aromatic rings. The van der Waals surface area contributed by atoms with Crippen LogP contribution in [0.2, 0.25) is 0 Å². The summed E-state index contributed by atoms with van der Waals surface area (Å²) in [5.74, 6) is 0.705. The van der Waals surface area contributed by atoms with Gasteiger partial charge in [0.1, 0.15) is 0 Å². The van der Waals surface area contributed by atoms with Gasteiger partial charge in [0.15, 0.2) is 0 Å². The molecule has 0 aromatic carbocycles. The highest BCUT2D eigenvalue weighted by molar-refractivity contribution is 5.05. The van der Waals surface area contributed by atoms with Gasteiger partial charge < -0.3 is 10.3 Å². The highest BCUT2D eigenvalue weighted by atomic mass is 15.1. The van der Waals surface area contributed by atoms with E-state index < -0.39 is 0 Å². The number of rotatable bonds is 5. The van der Waals surface area contributed by atoms with Crippen molar-refractivity contribution in [3.05, 3.63) is 18.2 Å². The molecule has 1 rings (SSSR count). The Morgan fingerprint density at radius 2 is 1.93 bits per heavy atom. The van der Waals surface area contributed by atoms with E-state index >= 15 is 0 Å². The van der Waals surface area contributed by atoms with Crippen LogP contribution in [0.5, 0.6) is 0 Å². The maximum atomic E-state index is 5.92. The van der Waals surface area contributed by atoms with E-state index in [4.69, 9.17) is 5.73 Å². The predicted molar refractivity (Wildman–Crippen MR) is 63.6 cm³/mol. The Labute approximate surface area is 92.7 Å². The van der Waals surface area contributed by atoms with Crippen molar-refractivity contribution < 1.29 is 0 Å². The van der Waals surface area contributed by atoms with Crippen LogP contribution in [-0.2, 0) is 0 Å². The Bertz CT molecular complexity index is 287. The molecule has 15 heavy (non-hydrogen) atoms. The average Bonchev–Trinajstić information content (AvgIpc) is 2.67. The van der Waals surface area contributed by atoms with Gasteiger partial charge in [-0.1, -0.05) is 26.7 Å². The Balaban J connectivity index is 2.89. The summed E-state index contributed by atoms with van der Waals surface area (Å²) < 4.78 is 2.22. The minimum Gasteiger partial charge on any atom is -0.330 e. The van der Waals surface area contributed by atoms with E-state index in [1.54, 1.807) is 0 Å². The van der Waals surface area contributed by atoms with Crippen molar-refractivity contribution in [2.45, 2.75) is 52.6 Å². The van der Waals surface area contributed by atoms with Gasteiger partial charge in [-0.2, -0.15) is 0 Å². The maximum Gasteiger partial charge on any atom is 0.0951 e. The molecule has 0 aliphatic heterocycles. The molecular formula is C12H23N3. The average molecular weight is 209 g/mol. The van der Waals surface area contributed by atoms with Crippen molar-refractivity contribution in [1.29, 1.82) is 0 Å². The lowest BCUT2D eigenvalue weighted by Crippen LogP contribution is -2.20. The van der Waals surface area contributed by atoms with Crippen LogP contribution in [0.1, 0.15) is 58.3 Å². The molecule has 0 saturated heterocycles. The van der Waals surface area contributed by atoms with Gasteiger partial charge in [-0.25, -0.2) is 4.98 Å². The SMILES string of the molecule is CCC(CC)C(C)n1cncc1[C@H](C)N. The second kappa shape index (κ2) is 5.31. The fraction of sp³-hybridized carbons (Fsp3) is 0.750. The summed E-state index contributed by atoms with van der Waals surface area (Å²) in [6.45, 7) is 8.75. The molecule has 1 aromatic heterocycles. The molecule has 0 aliphatic carbocycles. The van der Waals surface area contributed by atoms with Crippen LogP contribution < -0.4 is 5.73 Å². The Kier molecular flexibility index (Phi) is 4.33. The van der Waals surface area contributed by atoms with Gasteiger partial charge in [0.2, 0.25) is 0 Å². The molecule has 0 saturated carbocycles. The molecule has 1 heterocycles. The first-order valence-corrected chi connectivity index (χ1v) is 5.89. The standard InChI is InChI=1S/C12H23N3/c1-5-11(6-2)10(4)15-8-14-7-12(15)9(3)13/h7-11H,5-6,13H2,1-4H3/t9-,10?/m0/s1. The highest BCUT2D eigenvalue weighted by Crippen LogP contribution is 2.26. The third-order valence-electron chi connectivity index (χ3n) is 3.33. The number of imidazole rings is 1. The first kappa shape index (κ1) is 12.2. The number of hydrogen-bond donors (Lipinski definition) is 1. The summed E-state index contributed by atoms with van der Waals surface area (Å²) in [6, 6.07) is 0.549. The lowest BCUT2D eigenvalue weighted by atomic mass is 9.95. The Morgan fingerprint density at radius 3 is 2.40 bits per heavy atom. The third-order valence-corrected chi connectivity index (χ3v) is 3.33. The van der Waals surface area contributed by atoms with Crippen LogP contribution in [0.3, 0.4) is 0 Å². The van der Waals surface area contributed by atoms with Gasteiger partial charge in [-0.3, -0.25) is 0 Å². The van der Waals surface area contributed by atoms with Crippen molar-refractivity contribution in [1.82, 2.24) is 9.55 Å². The van der Waals surface area contributed by atoms with Gasteiger partial charge in [0.05, 0.1) is 12.0 Å². The van der Waals surface area contributed by atoms with Crippen molar-refractivity contribution in [3.63, 3.8) is 0 Å². The van der Waals surface area contributed by atoms with E-state index in [2.05, 4.69) is 30.3 Å². The normalized spacial score (nSPS) is 15.6. The summed E-state index contributed by atoms with van der Waals surface area (Å²) >= 11 is 0. The van der Waals surface area contributed by atoms with E-state index in [9.17, 15) is 0 Å². The van der Waals surface area contributed by atoms with Gasteiger partial charge in [0.25, 0.3) is 0 Å². The van der Waals surface area contributed by atoms with E-state index in [1.165, 1.54) is 12.8 Å². The van der Waals surface area contributed by atoms with Crippen molar-refractivity contribution in [2.75, 3.05) is 0 Å². The molecule has 3 nitrogen and oxygen atoms in total. The lowest BCUT2D eigenvalue weighted by molar-refractivity contribution is 0.324. The molecule has 2 atom stereocenters. The third kappa shape index (κ3) is 2.59. The molecule has 86 valence electrons. The van der Waals surface area contributed by atoms with Crippen LogP contribution in [0.4, 0.5) is 0 Å². The molecule has 0 amide bonds. The van der Waals surface area contributed by atoms with E-state index in [0.717, 1.165) is 5.69 Å². The lowest BCUT2D eigenvalue weighted by Gasteiger charge is -2.25. The zero-order valence-electron chi connectivity index (χ0n) is 10.3. The number of nitrogens with two attached hydrogens (primary N) is 1. The fourth-order valence-electron chi connectivity index (χ4n) is 2.21. The van der Waals surface area contributed by atoms with E-state index in [1.807, 2.05) is 19.4 Å². The van der Waals surface area contributed by atoms with Crippen LogP contribution in [0.15, 0.2) is 12.5 Å². The Hall–Kier alpha value is -0.830. The van der Waals surface area contributed by atoms with Crippen LogP contribution in [0.25, 0.3) is 0 Å². The number of aromatic nitrogens is 2. The minimum atomic E-state index is 0.0595. The highest BCUT2D eigenvalue weighted by Gasteiger charge is 2.18. The first-order valence-electron chi connectivity index (χ1n) is 5.89. The van der Waals surface area contributed by atoms with Crippen LogP contribution in [0, 0.1) is 5.92 Å². The predicted octanol–water partition coefficient (Wildman–Crippen LogP) is 2.90. The van der Waals surface area contributed by atoms with Crippen molar-refractivity contribution >= 4 is 0 Å². The quantitative estimate of drug-likeness (QED) is 0.810. The summed E-state index contributed by atoms with van der Waals surface area (Å²) in [5.41, 5.74) is 7.05. The number of nitrogens with zero attached hydrogens (tertiary/aromatic N) is 2. The summed E-state index contributed by atoms with van der Waals surface area (Å²) in [6.07, 6.45) is 6.19. The molecule has 0 fully saturated rings. The molecule has 0 aliphatic rings. The summed E-state index contributed by atoms with van der Waals surface area (Å²) in [5, 5.41) is 0. The van der Waals surface area contributed by atoms with Crippen molar-refractivity contribution in [3.8, 4) is 0 Å². The summed E-state index contributed by atoms with van der Waals surface area (Å²) in [7, 11) is 0. The van der Waals surface area contributed by atoms with E-state index in [0.29, 0.717) is 12.0 Å². The van der Waals surface area contributed by atoms with Gasteiger partial charge in [-0.05, 0) is 19.8 Å². The molecular weight excluding hydrogens is 186 g/mol. The molecule has 3 heteroatoms. The smallest absolute Gasteiger partial charge is 0.0951 e. The zero-order chi connectivity index (χ0) is 11.4. The topological polar surface area (TPSA) is 43.8 Å². The first-order chi connectivity index (χ1) is 7.11. The van der Waals surface area contributed by atoms with E-state index in [-0.39, 0.29) is 6.04 Å². The van der Waals surface area contributed by atoms with Gasteiger partial charge in [0, 0.05) is 18.3 Å². The largest absolute Gasteiger partial charge is 0.330 e. The summed E-state index contributed by atoms with van der Waals surface area (Å²) in [4.78, 5) is 4.20. The van der Waals surface area contributed by atoms with Gasteiger partial charge in [-0.15, -0.1) is 0 Å². The number of hydrogen-bond acceptors (Lipinski definition) is 2. The monoisotopic (exact) mass is 209 g/mol. The zero-order valence-corrected chi connectivity index (χ0v) is 10.3. The second-order valence-electron chi connectivity index (χ2n) is 4.33. The molecule has 2 N–H and O–H groups in total. The van der Waals surface area contributed by atoms with Crippen LogP contribution >= 0.6 is 0 Å². The van der Waals surface area contributed by atoms with Gasteiger partial charge >= 0.3 is 0 Å². The minimum absolute atomic E-state index is 0.0595. The molecule has 0 bridgehead atoms. The Morgan fingerprint density at radius 1 is 1.33 bits per heavy atom. The molecule has 0 spiro atoms. The second-order valence-corrected chi connectivity index (χ2v) is 4.33. The van der Waals surface area contributed by atoms with Crippen molar-refractivity contribution in [2.24, 2.45) is 11.7 Å². The maximum absolute atomic E-state index is 5.92. The van der Waals surface area contributed by atoms with Crippen LogP contribution in [-0.4, -0.2) is 9.55 Å². The molecule has 1 unspecified atom stereocenters. The fourth-order valence-corrected chi connectivity index (χ4v) is 2.21.